The second-order valence-corrected chi connectivity index (χ2v) is 5.49. The zero-order valence-electron chi connectivity index (χ0n) is 10.8. The highest BCUT2D eigenvalue weighted by atomic mass is 35.5. The molecule has 3 rings (SSSR count). The van der Waals surface area contributed by atoms with E-state index in [2.05, 4.69) is 15.2 Å². The summed E-state index contributed by atoms with van der Waals surface area (Å²) in [6.07, 6.45) is 0. The second kappa shape index (κ2) is 4.65. The number of H-pyrrole nitrogens is 2. The Labute approximate surface area is 124 Å². The Bertz CT molecular complexity index is 880. The van der Waals surface area contributed by atoms with Gasteiger partial charge in [-0.2, -0.15) is 5.10 Å². The number of hydrogen-bond donors (Lipinski definition) is 2. The molecule has 0 spiro atoms. The number of rotatable bonds is 1. The molecule has 0 saturated heterocycles. The zero-order chi connectivity index (χ0) is 14.4. The molecule has 0 amide bonds. The van der Waals surface area contributed by atoms with Crippen LogP contribution in [0, 0.1) is 13.8 Å². The van der Waals surface area contributed by atoms with Crippen LogP contribution in [0.4, 0.5) is 0 Å². The SMILES string of the molecule is Cc1[nH]c2c(-c3ccc(Cl)cc3Cl)n[nH]c2c(=O)c1C. The molecule has 0 unspecified atom stereocenters. The predicted octanol–water partition coefficient (Wildman–Crippen LogP) is 3.84. The smallest absolute Gasteiger partial charge is 0.210 e. The van der Waals surface area contributed by atoms with Crippen molar-refractivity contribution in [2.75, 3.05) is 0 Å². The molecule has 0 saturated carbocycles. The van der Waals surface area contributed by atoms with Crippen molar-refractivity contribution in [3.8, 4) is 11.3 Å². The number of nitrogens with zero attached hydrogens (tertiary/aromatic N) is 1. The molecule has 0 aliphatic rings. The molecule has 102 valence electrons. The Kier molecular flexibility index (Phi) is 3.07. The normalized spacial score (nSPS) is 11.2. The van der Waals surface area contributed by atoms with Crippen LogP contribution in [-0.2, 0) is 0 Å². The van der Waals surface area contributed by atoms with Gasteiger partial charge < -0.3 is 4.98 Å². The van der Waals surface area contributed by atoms with Crippen molar-refractivity contribution in [3.63, 3.8) is 0 Å². The van der Waals surface area contributed by atoms with Gasteiger partial charge in [0.25, 0.3) is 0 Å². The highest BCUT2D eigenvalue weighted by Gasteiger charge is 2.16. The highest BCUT2D eigenvalue weighted by molar-refractivity contribution is 6.36. The molecule has 0 aliphatic heterocycles. The summed E-state index contributed by atoms with van der Waals surface area (Å²) in [6.45, 7) is 3.64. The van der Waals surface area contributed by atoms with E-state index in [9.17, 15) is 4.79 Å². The quantitative estimate of drug-likeness (QED) is 0.717. The van der Waals surface area contributed by atoms with Crippen molar-refractivity contribution in [1.29, 1.82) is 0 Å². The van der Waals surface area contributed by atoms with E-state index in [1.54, 1.807) is 25.1 Å². The van der Waals surface area contributed by atoms with Gasteiger partial charge in [-0.25, -0.2) is 0 Å². The summed E-state index contributed by atoms with van der Waals surface area (Å²) < 4.78 is 0. The predicted molar refractivity (Wildman–Crippen MR) is 81.6 cm³/mol. The molecule has 0 bridgehead atoms. The maximum absolute atomic E-state index is 12.2. The van der Waals surface area contributed by atoms with Gasteiger partial charge in [0.2, 0.25) is 5.43 Å². The summed E-state index contributed by atoms with van der Waals surface area (Å²) in [7, 11) is 0. The fourth-order valence-corrected chi connectivity index (χ4v) is 2.64. The molecule has 2 N–H and O–H groups in total. The van der Waals surface area contributed by atoms with Crippen molar-refractivity contribution in [2.24, 2.45) is 0 Å². The molecule has 4 nitrogen and oxygen atoms in total. The van der Waals surface area contributed by atoms with E-state index in [1.165, 1.54) is 0 Å². The number of aryl methyl sites for hydroxylation is 1. The third-order valence-corrected chi connectivity index (χ3v) is 3.94. The van der Waals surface area contributed by atoms with Crippen LogP contribution in [-0.4, -0.2) is 15.2 Å². The van der Waals surface area contributed by atoms with Crippen molar-refractivity contribution in [3.05, 3.63) is 49.7 Å². The Morgan fingerprint density at radius 2 is 1.90 bits per heavy atom. The summed E-state index contributed by atoms with van der Waals surface area (Å²) in [5.74, 6) is 0. The first-order valence-corrected chi connectivity index (χ1v) is 6.77. The average molecular weight is 308 g/mol. The lowest BCUT2D eigenvalue weighted by Crippen LogP contribution is -2.09. The minimum Gasteiger partial charge on any atom is -0.355 e. The van der Waals surface area contributed by atoms with Gasteiger partial charge in [0.1, 0.15) is 11.2 Å². The molecule has 1 aromatic carbocycles. The minimum absolute atomic E-state index is 0.0555. The number of aromatic amines is 2. The van der Waals surface area contributed by atoms with E-state index in [4.69, 9.17) is 23.2 Å². The van der Waals surface area contributed by atoms with Crippen molar-refractivity contribution >= 4 is 34.2 Å². The van der Waals surface area contributed by atoms with E-state index >= 15 is 0 Å². The maximum Gasteiger partial charge on any atom is 0.210 e. The van der Waals surface area contributed by atoms with Gasteiger partial charge in [-0.1, -0.05) is 23.2 Å². The number of fused-ring (bicyclic) bond motifs is 1. The van der Waals surface area contributed by atoms with Gasteiger partial charge in [0.05, 0.1) is 10.5 Å². The highest BCUT2D eigenvalue weighted by Crippen LogP contribution is 2.32. The van der Waals surface area contributed by atoms with E-state index in [0.717, 1.165) is 11.3 Å². The van der Waals surface area contributed by atoms with Gasteiger partial charge in [0, 0.05) is 21.8 Å². The summed E-state index contributed by atoms with van der Waals surface area (Å²) in [5, 5.41) is 8.04. The van der Waals surface area contributed by atoms with Gasteiger partial charge in [-0.3, -0.25) is 9.89 Å². The molecule has 0 aliphatic carbocycles. The molecule has 0 radical (unpaired) electrons. The van der Waals surface area contributed by atoms with Crippen LogP contribution < -0.4 is 5.43 Å². The van der Waals surface area contributed by atoms with Crippen molar-refractivity contribution in [2.45, 2.75) is 13.8 Å². The number of nitrogens with one attached hydrogen (secondary N) is 2. The van der Waals surface area contributed by atoms with Crippen LogP contribution in [0.15, 0.2) is 23.0 Å². The lowest BCUT2D eigenvalue weighted by atomic mass is 10.1. The topological polar surface area (TPSA) is 61.5 Å². The fraction of sp³-hybridized carbons (Fsp3) is 0.143. The van der Waals surface area contributed by atoms with Gasteiger partial charge in [0.15, 0.2) is 0 Å². The lowest BCUT2D eigenvalue weighted by molar-refractivity contribution is 1.11. The Morgan fingerprint density at radius 3 is 2.60 bits per heavy atom. The molecular formula is C14H11Cl2N3O. The molecule has 0 fully saturated rings. The van der Waals surface area contributed by atoms with Gasteiger partial charge in [-0.15, -0.1) is 0 Å². The molecular weight excluding hydrogens is 297 g/mol. The Hall–Kier alpha value is -1.78. The van der Waals surface area contributed by atoms with E-state index < -0.39 is 0 Å². The lowest BCUT2D eigenvalue weighted by Gasteiger charge is -2.04. The summed E-state index contributed by atoms with van der Waals surface area (Å²) in [6, 6.07) is 5.17. The Morgan fingerprint density at radius 1 is 1.15 bits per heavy atom. The number of benzene rings is 1. The molecule has 3 aromatic rings. The van der Waals surface area contributed by atoms with Gasteiger partial charge >= 0.3 is 0 Å². The Balaban J connectivity index is 2.36. The van der Waals surface area contributed by atoms with E-state index in [-0.39, 0.29) is 5.43 Å². The first kappa shape index (κ1) is 13.2. The molecule has 6 heteroatoms. The standard InChI is InChI=1S/C14H11Cl2N3O/c1-6-7(2)17-12-11(18-19-13(12)14(6)20)9-4-3-8(15)5-10(9)16/h3-5H,1-2H3,(H,17,20)(H,18,19). The molecule has 20 heavy (non-hydrogen) atoms. The van der Waals surface area contributed by atoms with Gasteiger partial charge in [-0.05, 0) is 32.0 Å². The largest absolute Gasteiger partial charge is 0.355 e. The van der Waals surface area contributed by atoms with Crippen molar-refractivity contribution < 1.29 is 0 Å². The molecule has 2 aromatic heterocycles. The number of hydrogen-bond acceptors (Lipinski definition) is 2. The average Bonchev–Trinajstić information content (AvgIpc) is 2.80. The zero-order valence-corrected chi connectivity index (χ0v) is 12.4. The van der Waals surface area contributed by atoms with Crippen LogP contribution in [0.2, 0.25) is 10.0 Å². The maximum atomic E-state index is 12.2. The van der Waals surface area contributed by atoms with Crippen LogP contribution in [0.3, 0.4) is 0 Å². The number of aromatic nitrogens is 3. The summed E-state index contributed by atoms with van der Waals surface area (Å²) in [5.41, 5.74) is 3.88. The minimum atomic E-state index is -0.0555. The molecule has 2 heterocycles. The summed E-state index contributed by atoms with van der Waals surface area (Å²) >= 11 is 12.1. The third kappa shape index (κ3) is 1.92. The first-order chi connectivity index (χ1) is 9.49. The van der Waals surface area contributed by atoms with Crippen LogP contribution in [0.1, 0.15) is 11.3 Å². The second-order valence-electron chi connectivity index (χ2n) is 4.65. The fourth-order valence-electron chi connectivity index (χ4n) is 2.14. The first-order valence-electron chi connectivity index (χ1n) is 6.02. The number of halogens is 2. The van der Waals surface area contributed by atoms with Crippen molar-refractivity contribution in [1.82, 2.24) is 15.2 Å². The summed E-state index contributed by atoms with van der Waals surface area (Å²) in [4.78, 5) is 15.4. The van der Waals surface area contributed by atoms with Crippen LogP contribution in [0.5, 0.6) is 0 Å². The van der Waals surface area contributed by atoms with E-state index in [1.807, 2.05) is 6.92 Å². The number of pyridine rings is 1. The van der Waals surface area contributed by atoms with Crippen LogP contribution >= 0.6 is 23.2 Å². The van der Waals surface area contributed by atoms with Crippen LogP contribution in [0.25, 0.3) is 22.3 Å². The van der Waals surface area contributed by atoms with E-state index in [0.29, 0.717) is 32.3 Å². The monoisotopic (exact) mass is 307 g/mol. The molecule has 0 atom stereocenters. The third-order valence-electron chi connectivity index (χ3n) is 3.40.